The van der Waals surface area contributed by atoms with Crippen LogP contribution in [0.1, 0.15) is 12.5 Å². The summed E-state index contributed by atoms with van der Waals surface area (Å²) in [5.74, 6) is -0.00810. The highest BCUT2D eigenvalue weighted by molar-refractivity contribution is 7.93. The van der Waals surface area contributed by atoms with Gasteiger partial charge >= 0.3 is 6.18 Å². The van der Waals surface area contributed by atoms with Crippen molar-refractivity contribution in [2.24, 2.45) is 0 Å². The van der Waals surface area contributed by atoms with E-state index in [1.165, 1.54) is 26.2 Å². The molecule has 2 aromatic rings. The Morgan fingerprint density at radius 2 is 1.67 bits per heavy atom. The van der Waals surface area contributed by atoms with E-state index < -0.39 is 41.7 Å². The van der Waals surface area contributed by atoms with Crippen LogP contribution >= 0.6 is 11.6 Å². The van der Waals surface area contributed by atoms with Gasteiger partial charge in [-0.1, -0.05) is 11.6 Å². The van der Waals surface area contributed by atoms with Crippen LogP contribution in [0.5, 0.6) is 5.75 Å². The zero-order valence-electron chi connectivity index (χ0n) is 16.0. The van der Waals surface area contributed by atoms with Crippen molar-refractivity contribution < 1.29 is 34.7 Å². The van der Waals surface area contributed by atoms with Crippen LogP contribution in [0, 0.1) is 0 Å². The number of halogens is 4. The van der Waals surface area contributed by atoms with Crippen LogP contribution in [0.3, 0.4) is 0 Å². The standard InChI is InChI=1S/C17H18ClF3N2O5S2/c1-4-28-14-8-6-12(10-16(14)30(26,27)23(2)3)22-29(24,25)15-9-11(17(19,20)21)5-7-13(15)18/h5-10,22H,4H2,1-3H3. The first-order valence-corrected chi connectivity index (χ1v) is 11.6. The number of nitrogens with zero attached hydrogens (tertiary/aromatic N) is 1. The van der Waals surface area contributed by atoms with Crippen molar-refractivity contribution in [2.75, 3.05) is 25.4 Å². The molecule has 0 bridgehead atoms. The number of anilines is 1. The van der Waals surface area contributed by atoms with E-state index in [-0.39, 0.29) is 22.9 Å². The molecule has 0 heterocycles. The number of hydrogen-bond donors (Lipinski definition) is 1. The summed E-state index contributed by atoms with van der Waals surface area (Å²) in [7, 11) is -6.01. The van der Waals surface area contributed by atoms with Gasteiger partial charge in [-0.2, -0.15) is 13.2 Å². The van der Waals surface area contributed by atoms with Gasteiger partial charge in [-0.25, -0.2) is 21.1 Å². The Balaban J connectivity index is 2.55. The summed E-state index contributed by atoms with van der Waals surface area (Å²) in [5.41, 5.74) is -1.40. The van der Waals surface area contributed by atoms with E-state index in [0.29, 0.717) is 12.1 Å². The first-order valence-electron chi connectivity index (χ1n) is 8.29. The fraction of sp³-hybridized carbons (Fsp3) is 0.294. The molecule has 13 heteroatoms. The van der Waals surface area contributed by atoms with Crippen molar-refractivity contribution >= 4 is 37.3 Å². The Morgan fingerprint density at radius 3 is 2.20 bits per heavy atom. The lowest BCUT2D eigenvalue weighted by Crippen LogP contribution is -2.23. The minimum absolute atomic E-state index is 0.00810. The van der Waals surface area contributed by atoms with Crippen molar-refractivity contribution in [1.29, 1.82) is 0 Å². The summed E-state index contributed by atoms with van der Waals surface area (Å²) in [5, 5.41) is -0.428. The molecule has 2 rings (SSSR count). The molecule has 166 valence electrons. The van der Waals surface area contributed by atoms with E-state index >= 15 is 0 Å². The lowest BCUT2D eigenvalue weighted by atomic mass is 10.2. The molecule has 0 radical (unpaired) electrons. The first-order chi connectivity index (χ1) is 13.7. The van der Waals surface area contributed by atoms with Crippen molar-refractivity contribution in [3.8, 4) is 5.75 Å². The number of sulfonamides is 2. The lowest BCUT2D eigenvalue weighted by molar-refractivity contribution is -0.137. The summed E-state index contributed by atoms with van der Waals surface area (Å²) < 4.78 is 97.5. The van der Waals surface area contributed by atoms with E-state index in [0.717, 1.165) is 16.4 Å². The third kappa shape index (κ3) is 5.17. The second-order valence-electron chi connectivity index (χ2n) is 6.13. The third-order valence-corrected chi connectivity index (χ3v) is 7.50. The molecule has 0 spiro atoms. The number of hydrogen-bond acceptors (Lipinski definition) is 5. The largest absolute Gasteiger partial charge is 0.492 e. The lowest BCUT2D eigenvalue weighted by Gasteiger charge is -2.17. The van der Waals surface area contributed by atoms with Crippen molar-refractivity contribution in [3.05, 3.63) is 47.0 Å². The van der Waals surface area contributed by atoms with Gasteiger partial charge in [-0.05, 0) is 43.3 Å². The number of nitrogens with one attached hydrogen (secondary N) is 1. The van der Waals surface area contributed by atoms with E-state index in [9.17, 15) is 30.0 Å². The second kappa shape index (κ2) is 8.61. The third-order valence-electron chi connectivity index (χ3n) is 3.80. The van der Waals surface area contributed by atoms with Gasteiger partial charge < -0.3 is 4.74 Å². The Kier molecular flexibility index (Phi) is 6.96. The fourth-order valence-corrected chi connectivity index (χ4v) is 4.97. The smallest absolute Gasteiger partial charge is 0.416 e. The zero-order chi connectivity index (χ0) is 22.9. The highest BCUT2D eigenvalue weighted by Crippen LogP contribution is 2.35. The number of rotatable bonds is 7. The molecule has 1 N–H and O–H groups in total. The molecule has 0 unspecified atom stereocenters. The maximum Gasteiger partial charge on any atom is 0.416 e. The molecule has 0 aromatic heterocycles. The van der Waals surface area contributed by atoms with Crippen LogP contribution in [-0.2, 0) is 26.2 Å². The minimum atomic E-state index is -4.78. The molecule has 0 aliphatic carbocycles. The average molecular weight is 487 g/mol. The molecule has 2 aromatic carbocycles. The summed E-state index contributed by atoms with van der Waals surface area (Å²) in [4.78, 5) is -1.12. The van der Waals surface area contributed by atoms with Gasteiger partial charge in [-0.15, -0.1) is 0 Å². The molecule has 0 saturated carbocycles. The predicted octanol–water partition coefficient (Wildman–Crippen LogP) is 3.81. The highest BCUT2D eigenvalue weighted by atomic mass is 35.5. The Hall–Kier alpha value is -2.02. The van der Waals surface area contributed by atoms with Gasteiger partial charge in [0.1, 0.15) is 15.5 Å². The average Bonchev–Trinajstić information content (AvgIpc) is 2.61. The monoisotopic (exact) mass is 486 g/mol. The van der Waals surface area contributed by atoms with Crippen molar-refractivity contribution in [1.82, 2.24) is 4.31 Å². The van der Waals surface area contributed by atoms with Gasteiger partial charge in [0.15, 0.2) is 0 Å². The zero-order valence-corrected chi connectivity index (χ0v) is 18.4. The Bertz CT molecular complexity index is 1150. The first kappa shape index (κ1) is 24.3. The van der Waals surface area contributed by atoms with Gasteiger partial charge in [0, 0.05) is 14.1 Å². The van der Waals surface area contributed by atoms with Crippen LogP contribution in [0.25, 0.3) is 0 Å². The minimum Gasteiger partial charge on any atom is -0.492 e. The summed E-state index contributed by atoms with van der Waals surface area (Å²) in [6, 6.07) is 5.35. The van der Waals surface area contributed by atoms with Crippen LogP contribution in [-0.4, -0.2) is 41.8 Å². The topological polar surface area (TPSA) is 92.8 Å². The fourth-order valence-electron chi connectivity index (χ4n) is 2.34. The molecule has 7 nitrogen and oxygen atoms in total. The second-order valence-corrected chi connectivity index (χ2v) is 10.3. The maximum atomic E-state index is 12.9. The van der Waals surface area contributed by atoms with E-state index in [1.807, 2.05) is 0 Å². The van der Waals surface area contributed by atoms with E-state index in [2.05, 4.69) is 4.72 Å². The Labute approximate surface area is 177 Å². The van der Waals surface area contributed by atoms with Crippen molar-refractivity contribution in [3.63, 3.8) is 0 Å². The SMILES string of the molecule is CCOc1ccc(NS(=O)(=O)c2cc(C(F)(F)F)ccc2Cl)cc1S(=O)(=O)N(C)C. The molecule has 0 amide bonds. The molecule has 0 fully saturated rings. The molecular weight excluding hydrogens is 469 g/mol. The molecule has 30 heavy (non-hydrogen) atoms. The number of ether oxygens (including phenoxy) is 1. The van der Waals surface area contributed by atoms with Crippen LogP contribution in [0.2, 0.25) is 5.02 Å². The normalized spacial score (nSPS) is 12.8. The van der Waals surface area contributed by atoms with Crippen LogP contribution in [0.15, 0.2) is 46.2 Å². The summed E-state index contributed by atoms with van der Waals surface area (Å²) in [6.07, 6.45) is -4.78. The van der Waals surface area contributed by atoms with Gasteiger partial charge in [0.05, 0.1) is 22.9 Å². The van der Waals surface area contributed by atoms with Crippen LogP contribution < -0.4 is 9.46 Å². The molecule has 0 saturated heterocycles. The van der Waals surface area contributed by atoms with Gasteiger partial charge in [0.2, 0.25) is 10.0 Å². The van der Waals surface area contributed by atoms with Gasteiger partial charge in [0.25, 0.3) is 10.0 Å². The quantitative estimate of drug-likeness (QED) is 0.642. The van der Waals surface area contributed by atoms with E-state index in [4.69, 9.17) is 16.3 Å². The van der Waals surface area contributed by atoms with Gasteiger partial charge in [-0.3, -0.25) is 4.72 Å². The van der Waals surface area contributed by atoms with Crippen LogP contribution in [0.4, 0.5) is 18.9 Å². The number of alkyl halides is 3. The summed E-state index contributed by atoms with van der Waals surface area (Å²) >= 11 is 5.80. The Morgan fingerprint density at radius 1 is 1.03 bits per heavy atom. The molecule has 0 atom stereocenters. The number of benzene rings is 2. The predicted molar refractivity (Wildman–Crippen MR) is 106 cm³/mol. The molecule has 0 aliphatic heterocycles. The maximum absolute atomic E-state index is 12.9. The highest BCUT2D eigenvalue weighted by Gasteiger charge is 2.33. The molecular formula is C17H18ClF3N2O5S2. The summed E-state index contributed by atoms with van der Waals surface area (Å²) in [6.45, 7) is 1.79. The van der Waals surface area contributed by atoms with E-state index in [1.54, 1.807) is 6.92 Å². The molecule has 0 aliphatic rings. The van der Waals surface area contributed by atoms with Crippen molar-refractivity contribution in [2.45, 2.75) is 22.9 Å².